The highest BCUT2D eigenvalue weighted by atomic mass is 16.5. The summed E-state index contributed by atoms with van der Waals surface area (Å²) in [4.78, 5) is 11.7. The molecule has 1 unspecified atom stereocenters. The van der Waals surface area contributed by atoms with Gasteiger partial charge < -0.3 is 9.30 Å². The third kappa shape index (κ3) is 3.11. The minimum atomic E-state index is -0.250. The van der Waals surface area contributed by atoms with Crippen LogP contribution in [0.25, 0.3) is 0 Å². The van der Waals surface area contributed by atoms with Crippen LogP contribution in [0.15, 0.2) is 12.1 Å². The summed E-state index contributed by atoms with van der Waals surface area (Å²) in [6.07, 6.45) is 1.99. The number of esters is 1. The Morgan fingerprint density at radius 1 is 1.35 bits per heavy atom. The molecular weight excluding hydrogens is 214 g/mol. The van der Waals surface area contributed by atoms with Gasteiger partial charge in [-0.3, -0.25) is 0 Å². The van der Waals surface area contributed by atoms with E-state index in [1.165, 1.54) is 12.8 Å². The molecular formula is C14H23NO2. The lowest BCUT2D eigenvalue weighted by molar-refractivity contribution is 0.0585. The maximum atomic E-state index is 11.7. The fourth-order valence-electron chi connectivity index (χ4n) is 2.05. The first-order chi connectivity index (χ1) is 8.01. The normalized spacial score (nSPS) is 12.8. The molecule has 0 aromatic carbocycles. The molecule has 1 aromatic rings. The Balaban J connectivity index is 3.14. The van der Waals surface area contributed by atoms with Crippen LogP contribution in [0.2, 0.25) is 0 Å². The minimum Gasteiger partial charge on any atom is -0.464 e. The highest BCUT2D eigenvalue weighted by Crippen LogP contribution is 2.22. The van der Waals surface area contributed by atoms with Gasteiger partial charge in [0.25, 0.3) is 0 Å². The molecule has 1 heterocycles. The Morgan fingerprint density at radius 2 is 2.00 bits per heavy atom. The second-order valence-corrected chi connectivity index (χ2v) is 4.93. The number of aromatic nitrogens is 1. The molecule has 0 amide bonds. The van der Waals surface area contributed by atoms with Gasteiger partial charge in [0.15, 0.2) is 0 Å². The molecule has 0 aliphatic carbocycles. The number of carbonyl (C=O) groups is 1. The quantitative estimate of drug-likeness (QED) is 0.734. The molecule has 96 valence electrons. The molecule has 1 aromatic heterocycles. The van der Waals surface area contributed by atoms with E-state index in [1.54, 1.807) is 0 Å². The highest BCUT2D eigenvalue weighted by molar-refractivity contribution is 5.87. The summed E-state index contributed by atoms with van der Waals surface area (Å²) in [6.45, 7) is 8.64. The van der Waals surface area contributed by atoms with Crippen molar-refractivity contribution in [3.8, 4) is 0 Å². The van der Waals surface area contributed by atoms with E-state index in [9.17, 15) is 4.79 Å². The van der Waals surface area contributed by atoms with Gasteiger partial charge in [-0.15, -0.1) is 0 Å². The van der Waals surface area contributed by atoms with Crippen LogP contribution in [-0.4, -0.2) is 17.6 Å². The predicted molar refractivity (Wildman–Crippen MR) is 69.3 cm³/mol. The number of hydrogen-bond acceptors (Lipinski definition) is 2. The molecule has 17 heavy (non-hydrogen) atoms. The molecule has 0 saturated carbocycles. The number of nitrogens with zero attached hydrogens (tertiary/aromatic N) is 1. The third-order valence-corrected chi connectivity index (χ3v) is 3.05. The third-order valence-electron chi connectivity index (χ3n) is 3.05. The summed E-state index contributed by atoms with van der Waals surface area (Å²) in [5, 5.41) is 0. The second-order valence-electron chi connectivity index (χ2n) is 4.93. The minimum absolute atomic E-state index is 0.250. The zero-order valence-corrected chi connectivity index (χ0v) is 11.5. The Morgan fingerprint density at radius 3 is 2.47 bits per heavy atom. The molecule has 1 atom stereocenters. The fourth-order valence-corrected chi connectivity index (χ4v) is 2.05. The van der Waals surface area contributed by atoms with Gasteiger partial charge in [0.2, 0.25) is 0 Å². The summed E-state index contributed by atoms with van der Waals surface area (Å²) < 4.78 is 6.95. The summed E-state index contributed by atoms with van der Waals surface area (Å²) in [5.74, 6) is 0.332. The maximum absolute atomic E-state index is 11.7. The van der Waals surface area contributed by atoms with Gasteiger partial charge in [-0.05, 0) is 37.8 Å². The van der Waals surface area contributed by atoms with Crippen molar-refractivity contribution in [3.63, 3.8) is 0 Å². The van der Waals surface area contributed by atoms with Gasteiger partial charge in [0, 0.05) is 11.7 Å². The van der Waals surface area contributed by atoms with Gasteiger partial charge in [-0.1, -0.05) is 20.8 Å². The first kappa shape index (κ1) is 13.8. The lowest BCUT2D eigenvalue weighted by atomic mass is 10.1. The van der Waals surface area contributed by atoms with Gasteiger partial charge in [-0.2, -0.15) is 0 Å². The lowest BCUT2D eigenvalue weighted by Gasteiger charge is -2.19. The standard InChI is InChI=1S/C14H23NO2/c1-6-11(4)15-12(9-10(2)3)7-8-13(15)14(16)17-5/h7-8,10-11H,6,9H2,1-5H3. The van der Waals surface area contributed by atoms with E-state index in [1.807, 2.05) is 12.1 Å². The van der Waals surface area contributed by atoms with Crippen LogP contribution in [-0.2, 0) is 11.2 Å². The average molecular weight is 237 g/mol. The first-order valence-corrected chi connectivity index (χ1v) is 6.29. The van der Waals surface area contributed by atoms with Crippen molar-refractivity contribution in [2.24, 2.45) is 5.92 Å². The summed E-state index contributed by atoms with van der Waals surface area (Å²) in [5.41, 5.74) is 1.88. The Kier molecular flexibility index (Phi) is 4.79. The van der Waals surface area contributed by atoms with Gasteiger partial charge in [-0.25, -0.2) is 4.79 Å². The smallest absolute Gasteiger partial charge is 0.354 e. The summed E-state index contributed by atoms with van der Waals surface area (Å²) in [6, 6.07) is 4.24. The van der Waals surface area contributed by atoms with Crippen molar-refractivity contribution in [3.05, 3.63) is 23.5 Å². The van der Waals surface area contributed by atoms with Crippen LogP contribution in [0, 0.1) is 5.92 Å². The van der Waals surface area contributed by atoms with Crippen molar-refractivity contribution in [1.29, 1.82) is 0 Å². The number of hydrogen-bond donors (Lipinski definition) is 0. The van der Waals surface area contributed by atoms with Crippen molar-refractivity contribution in [2.45, 2.75) is 46.6 Å². The summed E-state index contributed by atoms with van der Waals surface area (Å²) in [7, 11) is 1.43. The van der Waals surface area contributed by atoms with Crippen LogP contribution in [0.1, 0.15) is 56.3 Å². The number of ether oxygens (including phenoxy) is 1. The van der Waals surface area contributed by atoms with Gasteiger partial charge in [0.1, 0.15) is 5.69 Å². The number of carbonyl (C=O) groups excluding carboxylic acids is 1. The Bertz CT molecular complexity index is 380. The Labute approximate surface area is 104 Å². The van der Waals surface area contributed by atoms with Crippen LogP contribution < -0.4 is 0 Å². The molecule has 0 fully saturated rings. The second kappa shape index (κ2) is 5.89. The fraction of sp³-hybridized carbons (Fsp3) is 0.643. The van der Waals surface area contributed by atoms with Gasteiger partial charge >= 0.3 is 5.97 Å². The van der Waals surface area contributed by atoms with E-state index in [4.69, 9.17) is 4.74 Å². The van der Waals surface area contributed by atoms with Crippen molar-refractivity contribution in [2.75, 3.05) is 7.11 Å². The van der Waals surface area contributed by atoms with E-state index >= 15 is 0 Å². The average Bonchev–Trinajstić information content (AvgIpc) is 2.69. The van der Waals surface area contributed by atoms with E-state index in [-0.39, 0.29) is 5.97 Å². The SMILES string of the molecule is CCC(C)n1c(CC(C)C)ccc1C(=O)OC. The van der Waals surface area contributed by atoms with Gasteiger partial charge in [0.05, 0.1) is 7.11 Å². The van der Waals surface area contributed by atoms with Crippen molar-refractivity contribution in [1.82, 2.24) is 4.57 Å². The van der Waals surface area contributed by atoms with Crippen LogP contribution in [0.3, 0.4) is 0 Å². The topological polar surface area (TPSA) is 31.2 Å². The molecule has 0 saturated heterocycles. The van der Waals surface area contributed by atoms with Crippen LogP contribution in [0.5, 0.6) is 0 Å². The molecule has 0 aliphatic heterocycles. The zero-order chi connectivity index (χ0) is 13.0. The lowest BCUT2D eigenvalue weighted by Crippen LogP contribution is -2.17. The molecule has 0 aliphatic rings. The van der Waals surface area contributed by atoms with E-state index in [0.29, 0.717) is 17.7 Å². The van der Waals surface area contributed by atoms with Crippen LogP contribution in [0.4, 0.5) is 0 Å². The largest absolute Gasteiger partial charge is 0.464 e. The number of rotatable bonds is 5. The Hall–Kier alpha value is -1.25. The zero-order valence-electron chi connectivity index (χ0n) is 11.5. The van der Waals surface area contributed by atoms with E-state index < -0.39 is 0 Å². The van der Waals surface area contributed by atoms with E-state index in [2.05, 4.69) is 32.3 Å². The van der Waals surface area contributed by atoms with Crippen molar-refractivity contribution >= 4 is 5.97 Å². The molecule has 3 heteroatoms. The first-order valence-electron chi connectivity index (χ1n) is 6.29. The molecule has 0 bridgehead atoms. The highest BCUT2D eigenvalue weighted by Gasteiger charge is 2.18. The van der Waals surface area contributed by atoms with E-state index in [0.717, 1.165) is 12.8 Å². The molecule has 1 rings (SSSR count). The molecule has 0 spiro atoms. The molecule has 3 nitrogen and oxygen atoms in total. The predicted octanol–water partition coefficient (Wildman–Crippen LogP) is 3.44. The summed E-state index contributed by atoms with van der Waals surface area (Å²) >= 11 is 0. The monoisotopic (exact) mass is 237 g/mol. The molecule has 0 radical (unpaired) electrons. The maximum Gasteiger partial charge on any atom is 0.354 e. The number of methoxy groups -OCH3 is 1. The van der Waals surface area contributed by atoms with Crippen molar-refractivity contribution < 1.29 is 9.53 Å². The molecule has 0 N–H and O–H groups in total. The van der Waals surface area contributed by atoms with Crippen LogP contribution >= 0.6 is 0 Å².